The topological polar surface area (TPSA) is 38.1 Å². The van der Waals surface area contributed by atoms with E-state index in [1.165, 1.54) is 19.3 Å². The summed E-state index contributed by atoms with van der Waals surface area (Å²) >= 11 is 0. The van der Waals surface area contributed by atoms with Crippen LogP contribution in [0.2, 0.25) is 0 Å². The molecule has 1 aromatic heterocycles. The van der Waals surface area contributed by atoms with Crippen LogP contribution in [0.3, 0.4) is 0 Å². The number of carbonyl (C=O) groups excluding carboxylic acids is 1. The molecular weight excluding hydrogens is 262 g/mol. The van der Waals surface area contributed by atoms with Gasteiger partial charge in [-0.05, 0) is 53.5 Å². The Morgan fingerprint density at radius 1 is 1.24 bits per heavy atom. The molecule has 0 spiro atoms. The summed E-state index contributed by atoms with van der Waals surface area (Å²) in [6.45, 7) is 6.32. The van der Waals surface area contributed by atoms with Gasteiger partial charge in [0, 0.05) is 24.2 Å². The highest BCUT2D eigenvalue weighted by Crippen LogP contribution is 2.37. The van der Waals surface area contributed by atoms with E-state index in [9.17, 15) is 4.79 Å². The fraction of sp³-hybridized carbons (Fsp3) is 0.765. The number of piperidine rings is 2. The van der Waals surface area contributed by atoms with Crippen LogP contribution >= 0.6 is 0 Å². The second-order valence-corrected chi connectivity index (χ2v) is 7.78. The van der Waals surface area contributed by atoms with Crippen molar-refractivity contribution in [3.05, 3.63) is 18.0 Å². The Bertz CT molecular complexity index is 514. The van der Waals surface area contributed by atoms with Gasteiger partial charge in [-0.25, -0.2) is 0 Å². The van der Waals surface area contributed by atoms with Crippen molar-refractivity contribution in [2.75, 3.05) is 7.05 Å². The third kappa shape index (κ3) is 2.78. The Hall–Kier alpha value is -1.16. The predicted octanol–water partition coefficient (Wildman–Crippen LogP) is 3.08. The first-order valence-electron chi connectivity index (χ1n) is 8.17. The van der Waals surface area contributed by atoms with Gasteiger partial charge in [-0.3, -0.25) is 9.48 Å². The molecule has 3 heterocycles. The summed E-state index contributed by atoms with van der Waals surface area (Å²) in [5, 5.41) is 4.38. The fourth-order valence-electron chi connectivity index (χ4n) is 3.88. The lowest BCUT2D eigenvalue weighted by molar-refractivity contribution is 0.0338. The van der Waals surface area contributed by atoms with E-state index in [4.69, 9.17) is 0 Å². The molecule has 1 aromatic rings. The summed E-state index contributed by atoms with van der Waals surface area (Å²) in [6, 6.07) is 1.20. The maximum atomic E-state index is 12.8. The summed E-state index contributed by atoms with van der Waals surface area (Å²) in [5.41, 5.74) is 0.722. The minimum Gasteiger partial charge on any atom is -0.300 e. The second-order valence-electron chi connectivity index (χ2n) is 7.78. The molecule has 21 heavy (non-hydrogen) atoms. The molecule has 2 atom stereocenters. The molecule has 0 radical (unpaired) electrons. The van der Waals surface area contributed by atoms with Crippen molar-refractivity contribution in [1.29, 1.82) is 0 Å². The highest BCUT2D eigenvalue weighted by Gasteiger charge is 2.39. The molecule has 2 aliphatic heterocycles. The molecule has 2 saturated heterocycles. The van der Waals surface area contributed by atoms with E-state index in [1.54, 1.807) is 6.20 Å². The van der Waals surface area contributed by atoms with Gasteiger partial charge in [-0.15, -0.1) is 0 Å². The summed E-state index contributed by atoms with van der Waals surface area (Å²) in [6.07, 6.45) is 9.54. The quantitative estimate of drug-likeness (QED) is 0.785. The van der Waals surface area contributed by atoms with Gasteiger partial charge >= 0.3 is 0 Å². The zero-order chi connectivity index (χ0) is 15.2. The van der Waals surface area contributed by atoms with Gasteiger partial charge in [-0.2, -0.15) is 5.10 Å². The monoisotopic (exact) mass is 289 g/mol. The van der Waals surface area contributed by atoms with E-state index in [1.807, 2.05) is 10.9 Å². The number of rotatable bonds is 2. The van der Waals surface area contributed by atoms with E-state index in [0.29, 0.717) is 17.9 Å². The first-order valence-corrected chi connectivity index (χ1v) is 8.17. The third-order valence-corrected chi connectivity index (χ3v) is 5.27. The number of carbonyl (C=O) groups is 1. The molecule has 0 N–H and O–H groups in total. The minimum atomic E-state index is -0.0676. The molecule has 2 unspecified atom stereocenters. The number of nitrogens with zero attached hydrogens (tertiary/aromatic N) is 3. The molecule has 2 aliphatic rings. The van der Waals surface area contributed by atoms with Crippen molar-refractivity contribution < 1.29 is 4.79 Å². The van der Waals surface area contributed by atoms with Crippen LogP contribution in [0.4, 0.5) is 0 Å². The molecular formula is C17H27N3O. The van der Waals surface area contributed by atoms with E-state index in [0.717, 1.165) is 18.4 Å². The van der Waals surface area contributed by atoms with Crippen LogP contribution in [0.25, 0.3) is 0 Å². The van der Waals surface area contributed by atoms with Gasteiger partial charge < -0.3 is 4.90 Å². The molecule has 0 amide bonds. The average Bonchev–Trinajstić information content (AvgIpc) is 2.86. The molecule has 3 rings (SSSR count). The smallest absolute Gasteiger partial charge is 0.169 e. The Morgan fingerprint density at radius 3 is 2.38 bits per heavy atom. The lowest BCUT2D eigenvalue weighted by Crippen LogP contribution is -2.51. The minimum absolute atomic E-state index is 0.0676. The molecule has 0 aromatic carbocycles. The highest BCUT2D eigenvalue weighted by molar-refractivity contribution is 5.97. The number of aromatic nitrogens is 2. The van der Waals surface area contributed by atoms with E-state index in [2.05, 4.69) is 37.8 Å². The Kier molecular flexibility index (Phi) is 3.68. The van der Waals surface area contributed by atoms with E-state index < -0.39 is 0 Å². The summed E-state index contributed by atoms with van der Waals surface area (Å²) in [4.78, 5) is 15.3. The van der Waals surface area contributed by atoms with E-state index >= 15 is 0 Å². The molecule has 4 nitrogen and oxygen atoms in total. The summed E-state index contributed by atoms with van der Waals surface area (Å²) in [5.74, 6) is 0.490. The standard InChI is InChI=1S/C17H27N3O/c1-17(2,3)20-11-13(10-18-20)16(21)12-8-14-6-5-7-15(9-12)19(14)4/h10-12,14-15H,5-9H2,1-4H3. The van der Waals surface area contributed by atoms with Crippen molar-refractivity contribution in [2.45, 2.75) is 70.5 Å². The van der Waals surface area contributed by atoms with Crippen molar-refractivity contribution >= 4 is 5.78 Å². The molecule has 0 aliphatic carbocycles. The second kappa shape index (κ2) is 5.24. The van der Waals surface area contributed by atoms with Crippen molar-refractivity contribution in [3.63, 3.8) is 0 Å². The molecule has 116 valence electrons. The number of fused-ring (bicyclic) bond motifs is 2. The predicted molar refractivity (Wildman–Crippen MR) is 83.5 cm³/mol. The maximum absolute atomic E-state index is 12.8. The van der Waals surface area contributed by atoms with Crippen LogP contribution in [0.15, 0.2) is 12.4 Å². The lowest BCUT2D eigenvalue weighted by Gasteiger charge is -2.46. The number of Topliss-reactive ketones (excluding diaryl/α,β-unsaturated/α-hetero) is 1. The van der Waals surface area contributed by atoms with Crippen LogP contribution in [-0.4, -0.2) is 39.6 Å². The van der Waals surface area contributed by atoms with Crippen LogP contribution in [0.5, 0.6) is 0 Å². The average molecular weight is 289 g/mol. The number of hydrogen-bond donors (Lipinski definition) is 0. The summed E-state index contributed by atoms with van der Waals surface area (Å²) in [7, 11) is 2.23. The van der Waals surface area contributed by atoms with Gasteiger partial charge in [0.25, 0.3) is 0 Å². The van der Waals surface area contributed by atoms with Crippen molar-refractivity contribution in [1.82, 2.24) is 14.7 Å². The first kappa shape index (κ1) is 14.8. The first-order chi connectivity index (χ1) is 9.86. The Balaban J connectivity index is 1.75. The lowest BCUT2D eigenvalue weighted by atomic mass is 9.76. The van der Waals surface area contributed by atoms with Crippen molar-refractivity contribution in [3.8, 4) is 0 Å². The zero-order valence-electron chi connectivity index (χ0n) is 13.7. The highest BCUT2D eigenvalue weighted by atomic mass is 16.1. The third-order valence-electron chi connectivity index (χ3n) is 5.27. The zero-order valence-corrected chi connectivity index (χ0v) is 13.7. The SMILES string of the molecule is CN1C2CCCC1CC(C(=O)c1cnn(C(C)(C)C)c1)C2. The molecule has 4 heteroatoms. The maximum Gasteiger partial charge on any atom is 0.169 e. The van der Waals surface area contributed by atoms with Gasteiger partial charge in [0.05, 0.1) is 17.3 Å². The fourth-order valence-corrected chi connectivity index (χ4v) is 3.88. The van der Waals surface area contributed by atoms with Gasteiger partial charge in [0.2, 0.25) is 0 Å². The van der Waals surface area contributed by atoms with Gasteiger partial charge in [0.15, 0.2) is 5.78 Å². The Labute approximate surface area is 127 Å². The van der Waals surface area contributed by atoms with Crippen LogP contribution in [-0.2, 0) is 5.54 Å². The van der Waals surface area contributed by atoms with Gasteiger partial charge in [0.1, 0.15) is 0 Å². The van der Waals surface area contributed by atoms with Crippen LogP contribution in [0.1, 0.15) is 63.2 Å². The summed E-state index contributed by atoms with van der Waals surface area (Å²) < 4.78 is 1.90. The van der Waals surface area contributed by atoms with E-state index in [-0.39, 0.29) is 11.5 Å². The largest absolute Gasteiger partial charge is 0.300 e. The molecule has 0 saturated carbocycles. The molecule has 2 bridgehead atoms. The normalized spacial score (nSPS) is 30.4. The van der Waals surface area contributed by atoms with Crippen molar-refractivity contribution in [2.24, 2.45) is 5.92 Å². The van der Waals surface area contributed by atoms with Crippen LogP contribution in [0, 0.1) is 5.92 Å². The molecule has 2 fully saturated rings. The number of ketones is 1. The van der Waals surface area contributed by atoms with Gasteiger partial charge in [-0.1, -0.05) is 6.42 Å². The number of hydrogen-bond acceptors (Lipinski definition) is 3. The Morgan fingerprint density at radius 2 is 1.86 bits per heavy atom. The van der Waals surface area contributed by atoms with Crippen LogP contribution < -0.4 is 0 Å².